The summed E-state index contributed by atoms with van der Waals surface area (Å²) < 4.78 is 29.9. The van der Waals surface area contributed by atoms with Gasteiger partial charge in [-0.2, -0.15) is 5.10 Å². The van der Waals surface area contributed by atoms with Crippen molar-refractivity contribution in [3.05, 3.63) is 53.1 Å². The van der Waals surface area contributed by atoms with Crippen LogP contribution in [0.2, 0.25) is 5.02 Å². The van der Waals surface area contributed by atoms with E-state index in [-0.39, 0.29) is 22.2 Å². The summed E-state index contributed by atoms with van der Waals surface area (Å²) in [6.45, 7) is -0.510. The second kappa shape index (κ2) is 8.74. The SMILES string of the molecule is COc1cccc(/C=N\NC(=O)CN(c2ccccc2Cl)S(C)(=O)=O)c1O. The molecule has 8 nitrogen and oxygen atoms in total. The van der Waals surface area contributed by atoms with E-state index in [4.69, 9.17) is 16.3 Å². The van der Waals surface area contributed by atoms with E-state index >= 15 is 0 Å². The molecule has 2 aromatic carbocycles. The van der Waals surface area contributed by atoms with E-state index in [0.29, 0.717) is 5.56 Å². The van der Waals surface area contributed by atoms with Gasteiger partial charge in [0.25, 0.3) is 5.91 Å². The summed E-state index contributed by atoms with van der Waals surface area (Å²) in [5.41, 5.74) is 2.72. The number of nitrogens with zero attached hydrogens (tertiary/aromatic N) is 2. The number of hydrogen-bond donors (Lipinski definition) is 2. The number of rotatable bonds is 7. The van der Waals surface area contributed by atoms with Crippen molar-refractivity contribution in [2.45, 2.75) is 0 Å². The molecule has 0 aromatic heterocycles. The molecule has 2 aromatic rings. The molecule has 0 radical (unpaired) electrons. The fourth-order valence-corrected chi connectivity index (χ4v) is 3.34. The molecule has 0 heterocycles. The van der Waals surface area contributed by atoms with Crippen molar-refractivity contribution in [1.29, 1.82) is 0 Å². The molecule has 0 atom stereocenters. The molecule has 0 bridgehead atoms. The zero-order valence-electron chi connectivity index (χ0n) is 14.6. The Hall–Kier alpha value is -2.78. The Bertz CT molecular complexity index is 963. The Kier molecular flexibility index (Phi) is 6.65. The third-order valence-corrected chi connectivity index (χ3v) is 4.90. The van der Waals surface area contributed by atoms with Gasteiger partial charge in [-0.1, -0.05) is 29.8 Å². The van der Waals surface area contributed by atoms with Crippen LogP contribution in [0.25, 0.3) is 0 Å². The zero-order valence-corrected chi connectivity index (χ0v) is 16.2. The number of nitrogens with one attached hydrogen (secondary N) is 1. The minimum Gasteiger partial charge on any atom is -0.504 e. The molecule has 10 heteroatoms. The van der Waals surface area contributed by atoms with Crippen LogP contribution < -0.4 is 14.5 Å². The summed E-state index contributed by atoms with van der Waals surface area (Å²) in [7, 11) is -2.34. The Morgan fingerprint density at radius 1 is 1.30 bits per heavy atom. The fourth-order valence-electron chi connectivity index (χ4n) is 2.18. The Balaban J connectivity index is 2.12. The number of amides is 1. The highest BCUT2D eigenvalue weighted by atomic mass is 35.5. The molecule has 2 N–H and O–H groups in total. The van der Waals surface area contributed by atoms with Crippen LogP contribution in [-0.4, -0.2) is 45.6 Å². The number of para-hydroxylation sites is 2. The summed E-state index contributed by atoms with van der Waals surface area (Å²) in [6.07, 6.45) is 2.19. The molecule has 0 aliphatic carbocycles. The lowest BCUT2D eigenvalue weighted by atomic mass is 10.2. The maximum Gasteiger partial charge on any atom is 0.260 e. The van der Waals surface area contributed by atoms with Gasteiger partial charge in [0, 0.05) is 5.56 Å². The van der Waals surface area contributed by atoms with Crippen LogP contribution in [0.15, 0.2) is 47.6 Å². The van der Waals surface area contributed by atoms with Crippen molar-refractivity contribution in [1.82, 2.24) is 5.43 Å². The van der Waals surface area contributed by atoms with Crippen LogP contribution >= 0.6 is 11.6 Å². The van der Waals surface area contributed by atoms with Gasteiger partial charge < -0.3 is 9.84 Å². The Morgan fingerprint density at radius 3 is 2.63 bits per heavy atom. The average molecular weight is 412 g/mol. The first-order valence-electron chi connectivity index (χ1n) is 7.64. The predicted octanol–water partition coefficient (Wildman–Crippen LogP) is 1.97. The molecule has 144 valence electrons. The number of ether oxygens (including phenoxy) is 1. The number of aromatic hydroxyl groups is 1. The van der Waals surface area contributed by atoms with E-state index < -0.39 is 22.5 Å². The number of hydrogen-bond acceptors (Lipinski definition) is 6. The molecular weight excluding hydrogens is 394 g/mol. The quantitative estimate of drug-likeness (QED) is 0.535. The number of carbonyl (C=O) groups excluding carboxylic acids is 1. The molecule has 0 saturated heterocycles. The summed E-state index contributed by atoms with van der Waals surface area (Å²) in [5.74, 6) is -0.557. The minimum absolute atomic E-state index is 0.133. The van der Waals surface area contributed by atoms with Crippen molar-refractivity contribution in [3.8, 4) is 11.5 Å². The second-order valence-corrected chi connectivity index (χ2v) is 7.73. The standard InChI is InChI=1S/C17H18ClN3O5S/c1-26-15-9-5-6-12(17(15)23)10-19-20-16(22)11-21(27(2,24)25)14-8-4-3-7-13(14)18/h3-10,23H,11H2,1-2H3,(H,20,22)/b19-10-. The number of phenolic OH excluding ortho intramolecular Hbond substituents is 1. The molecule has 0 aliphatic rings. The number of sulfonamides is 1. The van der Waals surface area contributed by atoms with Gasteiger partial charge in [-0.05, 0) is 24.3 Å². The maximum absolute atomic E-state index is 12.1. The molecule has 0 fully saturated rings. The number of phenols is 1. The van der Waals surface area contributed by atoms with Gasteiger partial charge >= 0.3 is 0 Å². The van der Waals surface area contributed by atoms with Crippen molar-refractivity contribution in [2.24, 2.45) is 5.10 Å². The molecule has 0 saturated carbocycles. The number of methoxy groups -OCH3 is 1. The molecule has 0 aliphatic heterocycles. The van der Waals surface area contributed by atoms with Crippen molar-refractivity contribution < 1.29 is 23.1 Å². The molecular formula is C17H18ClN3O5S. The predicted molar refractivity (Wildman–Crippen MR) is 104 cm³/mol. The number of halogens is 1. The van der Waals surface area contributed by atoms with Crippen molar-refractivity contribution in [2.75, 3.05) is 24.2 Å². The average Bonchev–Trinajstić information content (AvgIpc) is 2.61. The zero-order chi connectivity index (χ0) is 20.0. The number of carbonyl (C=O) groups is 1. The monoisotopic (exact) mass is 411 g/mol. The first-order chi connectivity index (χ1) is 12.7. The van der Waals surface area contributed by atoms with Gasteiger partial charge in [0.2, 0.25) is 10.0 Å². The number of hydrazone groups is 1. The van der Waals surface area contributed by atoms with Gasteiger partial charge in [-0.15, -0.1) is 0 Å². The molecule has 27 heavy (non-hydrogen) atoms. The third-order valence-electron chi connectivity index (χ3n) is 3.45. The normalized spacial score (nSPS) is 11.4. The van der Waals surface area contributed by atoms with E-state index in [2.05, 4.69) is 10.5 Å². The van der Waals surface area contributed by atoms with E-state index in [1.54, 1.807) is 30.3 Å². The van der Waals surface area contributed by atoms with Gasteiger partial charge in [-0.25, -0.2) is 13.8 Å². The van der Waals surface area contributed by atoms with Gasteiger partial charge in [0.15, 0.2) is 11.5 Å². The first kappa shape index (κ1) is 20.5. The largest absolute Gasteiger partial charge is 0.504 e. The molecule has 2 rings (SSSR count). The molecule has 0 spiro atoms. The highest BCUT2D eigenvalue weighted by Crippen LogP contribution is 2.28. The van der Waals surface area contributed by atoms with Gasteiger partial charge in [0.1, 0.15) is 6.54 Å². The lowest BCUT2D eigenvalue weighted by Crippen LogP contribution is -2.39. The summed E-state index contributed by atoms with van der Waals surface area (Å²) in [5, 5.41) is 13.9. The van der Waals surface area contributed by atoms with Crippen LogP contribution in [0.4, 0.5) is 5.69 Å². The van der Waals surface area contributed by atoms with E-state index in [0.717, 1.165) is 10.6 Å². The minimum atomic E-state index is -3.75. The summed E-state index contributed by atoms with van der Waals surface area (Å²) in [4.78, 5) is 12.1. The van der Waals surface area contributed by atoms with Crippen LogP contribution in [-0.2, 0) is 14.8 Å². The third kappa shape index (κ3) is 5.35. The number of benzene rings is 2. The van der Waals surface area contributed by atoms with Crippen LogP contribution in [0, 0.1) is 0 Å². The summed E-state index contributed by atoms with van der Waals surface area (Å²) >= 11 is 6.03. The topological polar surface area (TPSA) is 108 Å². The molecule has 1 amide bonds. The lowest BCUT2D eigenvalue weighted by molar-refractivity contribution is -0.119. The maximum atomic E-state index is 12.1. The highest BCUT2D eigenvalue weighted by molar-refractivity contribution is 7.92. The molecule has 0 unspecified atom stereocenters. The number of anilines is 1. The van der Waals surface area contributed by atoms with Crippen molar-refractivity contribution in [3.63, 3.8) is 0 Å². The van der Waals surface area contributed by atoms with Gasteiger partial charge in [-0.3, -0.25) is 9.10 Å². The Labute approximate surface area is 162 Å². The highest BCUT2D eigenvalue weighted by Gasteiger charge is 2.22. The van der Waals surface area contributed by atoms with Crippen LogP contribution in [0.5, 0.6) is 11.5 Å². The second-order valence-electron chi connectivity index (χ2n) is 5.41. The van der Waals surface area contributed by atoms with Crippen LogP contribution in [0.3, 0.4) is 0 Å². The smallest absolute Gasteiger partial charge is 0.260 e. The van der Waals surface area contributed by atoms with E-state index in [9.17, 15) is 18.3 Å². The van der Waals surface area contributed by atoms with E-state index in [1.807, 2.05) is 0 Å². The van der Waals surface area contributed by atoms with Gasteiger partial charge in [0.05, 0.1) is 30.3 Å². The fraction of sp³-hybridized carbons (Fsp3) is 0.176. The van der Waals surface area contributed by atoms with E-state index in [1.165, 1.54) is 25.5 Å². The van der Waals surface area contributed by atoms with Crippen molar-refractivity contribution >= 4 is 39.4 Å². The van der Waals surface area contributed by atoms with Crippen LogP contribution in [0.1, 0.15) is 5.56 Å². The Morgan fingerprint density at radius 2 is 2.00 bits per heavy atom. The first-order valence-corrected chi connectivity index (χ1v) is 9.86. The summed E-state index contributed by atoms with van der Waals surface area (Å²) in [6, 6.07) is 11.1. The lowest BCUT2D eigenvalue weighted by Gasteiger charge is -2.22.